The lowest BCUT2D eigenvalue weighted by atomic mass is 9.80. The largest absolute Gasteiger partial charge is 0.330 e. The molecule has 0 unspecified atom stereocenters. The van der Waals surface area contributed by atoms with E-state index in [1.807, 2.05) is 7.05 Å². The summed E-state index contributed by atoms with van der Waals surface area (Å²) in [6.45, 7) is 0.873. The number of rotatable bonds is 2. The van der Waals surface area contributed by atoms with Gasteiger partial charge in [-0.1, -0.05) is 0 Å². The normalized spacial score (nSPS) is 36.8. The minimum atomic E-state index is 0.767. The van der Waals surface area contributed by atoms with Crippen LogP contribution in [0.25, 0.3) is 0 Å². The smallest absolute Gasteiger partial charge is 0.00703 e. The topological polar surface area (TPSA) is 38.0 Å². The molecule has 0 aromatic rings. The molecule has 0 bridgehead atoms. The molecule has 1 saturated carbocycles. The second-order valence-electron chi connectivity index (χ2n) is 2.56. The van der Waals surface area contributed by atoms with Gasteiger partial charge in [0.15, 0.2) is 0 Å². The number of hydrogen-bond acceptors (Lipinski definition) is 2. The van der Waals surface area contributed by atoms with Crippen LogP contribution in [0.2, 0.25) is 0 Å². The summed E-state index contributed by atoms with van der Waals surface area (Å²) in [5.41, 5.74) is 5.42. The third-order valence-corrected chi connectivity index (χ3v) is 1.98. The van der Waals surface area contributed by atoms with E-state index in [2.05, 4.69) is 5.32 Å². The van der Waals surface area contributed by atoms with Crippen LogP contribution in [0.4, 0.5) is 0 Å². The molecule has 1 rings (SSSR count). The molecule has 1 fully saturated rings. The van der Waals surface area contributed by atoms with Crippen LogP contribution in [0.5, 0.6) is 0 Å². The highest BCUT2D eigenvalue weighted by Gasteiger charge is 2.25. The van der Waals surface area contributed by atoms with Crippen LogP contribution < -0.4 is 11.1 Å². The Morgan fingerprint density at radius 2 is 2.25 bits per heavy atom. The standard InChI is InChI=1S/C6H14N2/c1-8-6-2-5(3-6)4-7/h5-6,8H,2-4,7H2,1H3. The van der Waals surface area contributed by atoms with Crippen molar-refractivity contribution in [3.8, 4) is 0 Å². The van der Waals surface area contributed by atoms with Gasteiger partial charge in [0.05, 0.1) is 0 Å². The Labute approximate surface area is 50.4 Å². The second-order valence-corrected chi connectivity index (χ2v) is 2.56. The van der Waals surface area contributed by atoms with Gasteiger partial charge in [-0.25, -0.2) is 0 Å². The lowest BCUT2D eigenvalue weighted by Gasteiger charge is -2.33. The van der Waals surface area contributed by atoms with E-state index in [0.29, 0.717) is 0 Å². The van der Waals surface area contributed by atoms with Gasteiger partial charge in [0, 0.05) is 6.04 Å². The third-order valence-electron chi connectivity index (χ3n) is 1.98. The minimum Gasteiger partial charge on any atom is -0.330 e. The minimum absolute atomic E-state index is 0.767. The van der Waals surface area contributed by atoms with Gasteiger partial charge in [0.2, 0.25) is 0 Å². The maximum atomic E-state index is 5.42. The maximum Gasteiger partial charge on any atom is 0.00703 e. The van der Waals surface area contributed by atoms with Crippen molar-refractivity contribution in [2.24, 2.45) is 11.7 Å². The van der Waals surface area contributed by atoms with Gasteiger partial charge in [-0.05, 0) is 32.4 Å². The van der Waals surface area contributed by atoms with Crippen molar-refractivity contribution in [1.29, 1.82) is 0 Å². The zero-order chi connectivity index (χ0) is 5.98. The van der Waals surface area contributed by atoms with Crippen LogP contribution >= 0.6 is 0 Å². The van der Waals surface area contributed by atoms with E-state index in [1.54, 1.807) is 0 Å². The van der Waals surface area contributed by atoms with Crippen molar-refractivity contribution < 1.29 is 0 Å². The Kier molecular flexibility index (Phi) is 1.86. The third kappa shape index (κ3) is 1.01. The Balaban J connectivity index is 2.03. The lowest BCUT2D eigenvalue weighted by Crippen LogP contribution is -2.41. The van der Waals surface area contributed by atoms with Crippen molar-refractivity contribution in [3.05, 3.63) is 0 Å². The Hall–Kier alpha value is -0.0800. The Morgan fingerprint density at radius 3 is 2.62 bits per heavy atom. The van der Waals surface area contributed by atoms with Crippen LogP contribution in [-0.4, -0.2) is 19.6 Å². The second kappa shape index (κ2) is 2.46. The molecule has 0 aromatic carbocycles. The SMILES string of the molecule is CNC1CC(CN)C1. The first kappa shape index (κ1) is 6.05. The summed E-state index contributed by atoms with van der Waals surface area (Å²) < 4.78 is 0. The highest BCUT2D eigenvalue weighted by atomic mass is 14.9. The molecule has 3 N–H and O–H groups in total. The number of nitrogens with one attached hydrogen (secondary N) is 1. The summed E-state index contributed by atoms with van der Waals surface area (Å²) >= 11 is 0. The van der Waals surface area contributed by atoms with Crippen molar-refractivity contribution >= 4 is 0 Å². The molecule has 0 heterocycles. The fourth-order valence-corrected chi connectivity index (χ4v) is 1.16. The molecule has 0 aliphatic heterocycles. The molecule has 1 aliphatic carbocycles. The predicted molar refractivity (Wildman–Crippen MR) is 34.6 cm³/mol. The fourth-order valence-electron chi connectivity index (χ4n) is 1.16. The Bertz CT molecular complexity index is 58.9. The molecular formula is C6H14N2. The van der Waals surface area contributed by atoms with E-state index in [-0.39, 0.29) is 0 Å². The molecule has 0 spiro atoms. The van der Waals surface area contributed by atoms with Crippen molar-refractivity contribution in [3.63, 3.8) is 0 Å². The van der Waals surface area contributed by atoms with E-state index >= 15 is 0 Å². The summed E-state index contributed by atoms with van der Waals surface area (Å²) in [6, 6.07) is 0.767. The highest BCUT2D eigenvalue weighted by Crippen LogP contribution is 2.25. The average Bonchev–Trinajstić information content (AvgIpc) is 1.65. The molecule has 8 heavy (non-hydrogen) atoms. The van der Waals surface area contributed by atoms with Gasteiger partial charge >= 0.3 is 0 Å². The quantitative estimate of drug-likeness (QED) is 0.528. The molecular weight excluding hydrogens is 100 g/mol. The van der Waals surface area contributed by atoms with E-state index in [0.717, 1.165) is 18.5 Å². The van der Waals surface area contributed by atoms with Crippen LogP contribution in [0.3, 0.4) is 0 Å². The number of hydrogen-bond donors (Lipinski definition) is 2. The zero-order valence-electron chi connectivity index (χ0n) is 5.35. The van der Waals surface area contributed by atoms with Gasteiger partial charge in [-0.3, -0.25) is 0 Å². The van der Waals surface area contributed by atoms with E-state index in [9.17, 15) is 0 Å². The highest BCUT2D eigenvalue weighted by molar-refractivity contribution is 4.83. The van der Waals surface area contributed by atoms with Gasteiger partial charge in [0.1, 0.15) is 0 Å². The summed E-state index contributed by atoms with van der Waals surface area (Å²) in [6.07, 6.45) is 2.57. The molecule has 0 amide bonds. The number of nitrogens with two attached hydrogens (primary N) is 1. The first-order valence-corrected chi connectivity index (χ1v) is 3.24. The maximum absolute atomic E-state index is 5.42. The first-order valence-electron chi connectivity index (χ1n) is 3.24. The van der Waals surface area contributed by atoms with Crippen LogP contribution in [0.1, 0.15) is 12.8 Å². The zero-order valence-corrected chi connectivity index (χ0v) is 5.35. The summed E-state index contributed by atoms with van der Waals surface area (Å²) in [5, 5.41) is 3.21. The molecule has 0 saturated heterocycles. The van der Waals surface area contributed by atoms with Crippen molar-refractivity contribution in [2.45, 2.75) is 18.9 Å². The Morgan fingerprint density at radius 1 is 1.62 bits per heavy atom. The van der Waals surface area contributed by atoms with Crippen LogP contribution in [-0.2, 0) is 0 Å². The molecule has 2 heteroatoms. The van der Waals surface area contributed by atoms with Gasteiger partial charge in [-0.2, -0.15) is 0 Å². The lowest BCUT2D eigenvalue weighted by molar-refractivity contribution is 0.240. The summed E-state index contributed by atoms with van der Waals surface area (Å²) in [5.74, 6) is 0.812. The van der Waals surface area contributed by atoms with Crippen molar-refractivity contribution in [2.75, 3.05) is 13.6 Å². The average molecular weight is 114 g/mol. The molecule has 2 nitrogen and oxygen atoms in total. The van der Waals surface area contributed by atoms with E-state index in [4.69, 9.17) is 5.73 Å². The van der Waals surface area contributed by atoms with Crippen LogP contribution in [0, 0.1) is 5.92 Å². The van der Waals surface area contributed by atoms with Crippen LogP contribution in [0.15, 0.2) is 0 Å². The summed E-state index contributed by atoms with van der Waals surface area (Å²) in [4.78, 5) is 0. The molecule has 0 atom stereocenters. The first-order chi connectivity index (χ1) is 3.86. The fraction of sp³-hybridized carbons (Fsp3) is 1.00. The predicted octanol–water partition coefficient (Wildman–Crippen LogP) is -0.0569. The molecule has 48 valence electrons. The summed E-state index contributed by atoms with van der Waals surface area (Å²) in [7, 11) is 2.01. The van der Waals surface area contributed by atoms with Crippen molar-refractivity contribution in [1.82, 2.24) is 5.32 Å². The van der Waals surface area contributed by atoms with E-state index < -0.39 is 0 Å². The monoisotopic (exact) mass is 114 g/mol. The molecule has 1 aliphatic rings. The molecule has 0 aromatic heterocycles. The van der Waals surface area contributed by atoms with Gasteiger partial charge < -0.3 is 11.1 Å². The van der Waals surface area contributed by atoms with Gasteiger partial charge in [0.25, 0.3) is 0 Å². The molecule has 0 radical (unpaired) electrons. The van der Waals surface area contributed by atoms with E-state index in [1.165, 1.54) is 12.8 Å². The van der Waals surface area contributed by atoms with Gasteiger partial charge in [-0.15, -0.1) is 0 Å².